The molecule has 0 atom stereocenters. The van der Waals surface area contributed by atoms with Crippen LogP contribution in [-0.2, 0) is 0 Å². The molecule has 6 rings (SSSR count). The molecule has 1 heterocycles. The molecule has 0 radical (unpaired) electrons. The molecule has 3 nitrogen and oxygen atoms in total. The quantitative estimate of drug-likeness (QED) is 0.119. The Hall–Kier alpha value is -3.97. The van der Waals surface area contributed by atoms with Crippen LogP contribution < -0.4 is 19.5 Å². The number of thiophene rings is 1. The predicted molar refractivity (Wildman–Crippen MR) is 189 cm³/mol. The summed E-state index contributed by atoms with van der Waals surface area (Å²) in [5.74, 6) is 1.96. The number of carbonyl (C=O) groups excluding carboxylic acids is 1. The zero-order chi connectivity index (χ0) is 30.9. The summed E-state index contributed by atoms with van der Waals surface area (Å²) < 4.78 is 15.7. The van der Waals surface area contributed by atoms with Gasteiger partial charge in [-0.15, -0.1) is 11.3 Å². The first-order chi connectivity index (χ1) is 21.2. The van der Waals surface area contributed by atoms with Crippen molar-refractivity contribution >= 4 is 61.8 Å². The molecule has 0 aliphatic heterocycles. The fraction of sp³-hybridized carbons (Fsp3) is 0.132. The van der Waals surface area contributed by atoms with Gasteiger partial charge in [-0.25, -0.2) is 0 Å². The molecule has 6 heteroatoms. The van der Waals surface area contributed by atoms with Crippen LogP contribution in [0.2, 0.25) is 5.04 Å². The molecule has 5 aromatic carbocycles. The number of halogens is 1. The summed E-state index contributed by atoms with van der Waals surface area (Å²) in [4.78, 5) is 14.6. The molecule has 44 heavy (non-hydrogen) atoms. The number of hydrogen-bond acceptors (Lipinski definition) is 4. The average molecular weight is 678 g/mol. The average Bonchev–Trinajstić information content (AvgIpc) is 3.38. The van der Waals surface area contributed by atoms with Gasteiger partial charge in [0.05, 0.1) is 0 Å². The standard InChI is InChI=1S/C38H33BrO3SSi/c1-26-13-11-12-18-32(26)35(40)37-36(41-28-21-19-27(39)20-22-28)33-24-23-29(25-34(33)43-37)42-44(38(2,3)4,30-14-7-5-8-15-30)31-16-9-6-10-17-31/h5-25H,1-4H3. The molecular formula is C38H33BrO3SSi. The van der Waals surface area contributed by atoms with E-state index in [-0.39, 0.29) is 10.8 Å². The second-order valence-electron chi connectivity index (χ2n) is 11.9. The van der Waals surface area contributed by atoms with Gasteiger partial charge in [0, 0.05) is 20.1 Å². The van der Waals surface area contributed by atoms with Gasteiger partial charge in [-0.2, -0.15) is 0 Å². The van der Waals surface area contributed by atoms with Crippen molar-refractivity contribution in [3.05, 3.63) is 148 Å². The van der Waals surface area contributed by atoms with Gasteiger partial charge in [-0.3, -0.25) is 4.79 Å². The fourth-order valence-electron chi connectivity index (χ4n) is 5.76. The van der Waals surface area contributed by atoms with Crippen LogP contribution in [0.1, 0.15) is 41.6 Å². The van der Waals surface area contributed by atoms with E-state index in [9.17, 15) is 4.79 Å². The minimum atomic E-state index is -2.83. The van der Waals surface area contributed by atoms with E-state index in [1.54, 1.807) is 0 Å². The Bertz CT molecular complexity index is 1890. The van der Waals surface area contributed by atoms with Crippen LogP contribution >= 0.6 is 27.3 Å². The number of hydrogen-bond donors (Lipinski definition) is 0. The van der Waals surface area contributed by atoms with Gasteiger partial charge in [0.25, 0.3) is 0 Å². The van der Waals surface area contributed by atoms with Crippen LogP contribution in [0.3, 0.4) is 0 Å². The molecule has 0 aliphatic rings. The van der Waals surface area contributed by atoms with E-state index in [1.807, 2.05) is 79.7 Å². The molecule has 0 fully saturated rings. The van der Waals surface area contributed by atoms with Gasteiger partial charge in [0.1, 0.15) is 16.4 Å². The van der Waals surface area contributed by atoms with Gasteiger partial charge < -0.3 is 9.16 Å². The summed E-state index contributed by atoms with van der Waals surface area (Å²) >= 11 is 4.95. The minimum Gasteiger partial charge on any atom is -0.534 e. The number of ketones is 1. The Kier molecular flexibility index (Phi) is 8.33. The topological polar surface area (TPSA) is 35.5 Å². The van der Waals surface area contributed by atoms with Crippen molar-refractivity contribution in [2.24, 2.45) is 0 Å². The summed E-state index contributed by atoms with van der Waals surface area (Å²) in [7, 11) is -2.83. The van der Waals surface area contributed by atoms with E-state index in [2.05, 4.69) is 91.3 Å². The first-order valence-electron chi connectivity index (χ1n) is 14.6. The Balaban J connectivity index is 1.51. The molecule has 0 spiro atoms. The van der Waals surface area contributed by atoms with Crippen molar-refractivity contribution in [1.82, 2.24) is 0 Å². The van der Waals surface area contributed by atoms with Crippen molar-refractivity contribution in [3.63, 3.8) is 0 Å². The molecular weight excluding hydrogens is 644 g/mol. The highest BCUT2D eigenvalue weighted by atomic mass is 79.9. The smallest absolute Gasteiger partial charge is 0.319 e. The van der Waals surface area contributed by atoms with E-state index in [0.29, 0.717) is 21.9 Å². The van der Waals surface area contributed by atoms with E-state index >= 15 is 0 Å². The normalized spacial score (nSPS) is 11.8. The molecule has 0 amide bonds. The molecule has 0 unspecified atom stereocenters. The molecule has 220 valence electrons. The lowest BCUT2D eigenvalue weighted by molar-refractivity contribution is 0.104. The highest BCUT2D eigenvalue weighted by Crippen LogP contribution is 2.44. The van der Waals surface area contributed by atoms with Crippen molar-refractivity contribution in [3.8, 4) is 17.2 Å². The maximum absolute atomic E-state index is 14.0. The zero-order valence-electron chi connectivity index (χ0n) is 25.1. The highest BCUT2D eigenvalue weighted by Gasteiger charge is 2.52. The molecule has 0 saturated heterocycles. The molecule has 1 aromatic heterocycles. The predicted octanol–water partition coefficient (Wildman–Crippen LogP) is 9.93. The number of carbonyl (C=O) groups is 1. The summed E-state index contributed by atoms with van der Waals surface area (Å²) in [6.45, 7) is 8.77. The largest absolute Gasteiger partial charge is 0.534 e. The summed E-state index contributed by atoms with van der Waals surface area (Å²) in [6, 6.07) is 42.7. The van der Waals surface area contributed by atoms with Crippen LogP contribution in [0.4, 0.5) is 0 Å². The Labute approximate surface area is 272 Å². The van der Waals surface area contributed by atoms with E-state index in [4.69, 9.17) is 9.16 Å². The maximum atomic E-state index is 14.0. The van der Waals surface area contributed by atoms with Gasteiger partial charge in [-0.05, 0) is 70.4 Å². The van der Waals surface area contributed by atoms with Crippen molar-refractivity contribution in [2.75, 3.05) is 0 Å². The van der Waals surface area contributed by atoms with Crippen molar-refractivity contribution < 1.29 is 14.0 Å². The highest BCUT2D eigenvalue weighted by molar-refractivity contribution is 9.10. The molecule has 0 bridgehead atoms. The first kappa shape index (κ1) is 30.1. The van der Waals surface area contributed by atoms with Crippen molar-refractivity contribution in [2.45, 2.75) is 32.7 Å². The Morgan fingerprint density at radius 2 is 1.30 bits per heavy atom. The van der Waals surface area contributed by atoms with Gasteiger partial charge >= 0.3 is 8.32 Å². The fourth-order valence-corrected chi connectivity index (χ4v) is 11.6. The van der Waals surface area contributed by atoms with Crippen LogP contribution in [-0.4, -0.2) is 14.1 Å². The molecule has 0 aliphatic carbocycles. The Morgan fingerprint density at radius 3 is 1.89 bits per heavy atom. The number of ether oxygens (including phenoxy) is 1. The zero-order valence-corrected chi connectivity index (χ0v) is 28.5. The van der Waals surface area contributed by atoms with Crippen LogP contribution in [0.15, 0.2) is 132 Å². The lowest BCUT2D eigenvalue weighted by atomic mass is 10.0. The first-order valence-corrected chi connectivity index (χ1v) is 18.1. The third kappa shape index (κ3) is 5.65. The molecule has 6 aromatic rings. The number of aryl methyl sites for hydroxylation is 1. The van der Waals surface area contributed by atoms with Gasteiger partial charge in [0.15, 0.2) is 5.75 Å². The number of benzene rings is 5. The third-order valence-corrected chi connectivity index (χ3v) is 14.5. The second kappa shape index (κ2) is 12.2. The maximum Gasteiger partial charge on any atom is 0.319 e. The number of rotatable bonds is 8. The summed E-state index contributed by atoms with van der Waals surface area (Å²) in [6.07, 6.45) is 0. The lowest BCUT2D eigenvalue weighted by Crippen LogP contribution is -2.68. The van der Waals surface area contributed by atoms with Crippen LogP contribution in [0.25, 0.3) is 10.1 Å². The lowest BCUT2D eigenvalue weighted by Gasteiger charge is -2.43. The van der Waals surface area contributed by atoms with Gasteiger partial charge in [-0.1, -0.05) is 122 Å². The minimum absolute atomic E-state index is 0.0501. The summed E-state index contributed by atoms with van der Waals surface area (Å²) in [5.41, 5.74) is 1.60. The Morgan fingerprint density at radius 1 is 0.727 bits per heavy atom. The molecule has 0 N–H and O–H groups in total. The van der Waals surface area contributed by atoms with Crippen molar-refractivity contribution in [1.29, 1.82) is 0 Å². The second-order valence-corrected chi connectivity index (χ2v) is 18.1. The van der Waals surface area contributed by atoms with E-state index < -0.39 is 8.32 Å². The van der Waals surface area contributed by atoms with Crippen LogP contribution in [0, 0.1) is 6.92 Å². The monoisotopic (exact) mass is 676 g/mol. The SMILES string of the molecule is Cc1ccccc1C(=O)c1sc2cc(O[Si](c3ccccc3)(c3ccccc3)C(C)(C)C)ccc2c1Oc1ccc(Br)cc1. The van der Waals surface area contributed by atoms with Crippen LogP contribution in [0.5, 0.6) is 17.2 Å². The number of fused-ring (bicyclic) bond motifs is 1. The van der Waals surface area contributed by atoms with E-state index in [1.165, 1.54) is 21.7 Å². The van der Waals surface area contributed by atoms with Gasteiger partial charge in [0.2, 0.25) is 5.78 Å². The third-order valence-electron chi connectivity index (χ3n) is 7.93. The summed E-state index contributed by atoms with van der Waals surface area (Å²) in [5, 5.41) is 3.12. The molecule has 0 saturated carbocycles. The van der Waals surface area contributed by atoms with E-state index in [0.717, 1.165) is 25.9 Å².